The zero-order valence-electron chi connectivity index (χ0n) is 11.0. The maximum absolute atomic E-state index is 9.95. The number of guanidine groups is 1. The number of aliphatic hydroxyl groups is 1. The van der Waals surface area contributed by atoms with Crippen LogP contribution in [0.15, 0.2) is 29.3 Å². The fourth-order valence-corrected chi connectivity index (χ4v) is 1.74. The van der Waals surface area contributed by atoms with Gasteiger partial charge in [-0.25, -0.2) is 0 Å². The summed E-state index contributed by atoms with van der Waals surface area (Å²) in [6, 6.07) is 7.18. The van der Waals surface area contributed by atoms with Crippen LogP contribution in [0.25, 0.3) is 0 Å². The van der Waals surface area contributed by atoms with Crippen LogP contribution >= 0.6 is 35.6 Å². The summed E-state index contributed by atoms with van der Waals surface area (Å²) in [5.74, 6) is 0.356. The van der Waals surface area contributed by atoms with Gasteiger partial charge in [-0.3, -0.25) is 4.99 Å². The Kier molecular flexibility index (Phi) is 9.99. The molecule has 0 spiro atoms. The third-order valence-corrected chi connectivity index (χ3v) is 2.88. The van der Waals surface area contributed by atoms with E-state index in [2.05, 4.69) is 17.2 Å². The Labute approximate surface area is 136 Å². The molecular weight excluding hydrogens is 377 g/mol. The van der Waals surface area contributed by atoms with E-state index >= 15 is 0 Å². The molecule has 1 aromatic rings. The molecule has 0 heterocycles. The van der Waals surface area contributed by atoms with Crippen molar-refractivity contribution in [1.29, 1.82) is 0 Å². The normalized spacial score (nSPS) is 12.7. The first-order valence-corrected chi connectivity index (χ1v) is 6.49. The van der Waals surface area contributed by atoms with E-state index in [-0.39, 0.29) is 30.5 Å². The number of halogens is 2. The number of nitrogens with two attached hydrogens (primary N) is 1. The molecule has 0 bridgehead atoms. The monoisotopic (exact) mass is 397 g/mol. The molecule has 0 saturated carbocycles. The number of aliphatic imine (C=N–C) groups is 1. The first kappa shape index (κ1) is 18.5. The molecule has 1 atom stereocenters. The van der Waals surface area contributed by atoms with E-state index < -0.39 is 6.10 Å². The Morgan fingerprint density at radius 1 is 1.47 bits per heavy atom. The first-order chi connectivity index (χ1) is 8.65. The van der Waals surface area contributed by atoms with Crippen molar-refractivity contribution in [2.24, 2.45) is 10.7 Å². The lowest BCUT2D eigenvalue weighted by atomic mass is 10.1. The summed E-state index contributed by atoms with van der Waals surface area (Å²) in [4.78, 5) is 4.09. The fraction of sp³-hybridized carbons (Fsp3) is 0.462. The van der Waals surface area contributed by atoms with Gasteiger partial charge in [0.25, 0.3) is 0 Å². The van der Waals surface area contributed by atoms with Crippen molar-refractivity contribution in [3.8, 4) is 0 Å². The fourth-order valence-electron chi connectivity index (χ4n) is 1.48. The van der Waals surface area contributed by atoms with E-state index in [4.69, 9.17) is 17.3 Å². The number of benzene rings is 1. The molecule has 0 aliphatic heterocycles. The molecule has 108 valence electrons. The minimum Gasteiger partial charge on any atom is -0.386 e. The Balaban J connectivity index is 0.00000324. The van der Waals surface area contributed by atoms with E-state index in [1.54, 1.807) is 12.1 Å². The van der Waals surface area contributed by atoms with E-state index in [1.807, 2.05) is 12.1 Å². The van der Waals surface area contributed by atoms with Crippen molar-refractivity contribution in [3.63, 3.8) is 0 Å². The van der Waals surface area contributed by atoms with Gasteiger partial charge in [-0.15, -0.1) is 24.0 Å². The second kappa shape index (κ2) is 10.3. The zero-order valence-corrected chi connectivity index (χ0v) is 14.1. The van der Waals surface area contributed by atoms with Crippen LogP contribution in [0.4, 0.5) is 0 Å². The Bertz CT molecular complexity index is 401. The molecular formula is C13H21ClIN3O. The quantitative estimate of drug-likeness (QED) is 0.299. The van der Waals surface area contributed by atoms with Gasteiger partial charge in [0.15, 0.2) is 5.96 Å². The molecule has 1 rings (SSSR count). The summed E-state index contributed by atoms with van der Waals surface area (Å²) in [5.41, 5.74) is 6.34. The number of rotatable bonds is 6. The highest BCUT2D eigenvalue weighted by molar-refractivity contribution is 14.0. The van der Waals surface area contributed by atoms with Crippen LogP contribution in [0.3, 0.4) is 0 Å². The second-order valence-corrected chi connectivity index (χ2v) is 4.45. The molecule has 0 fully saturated rings. The molecule has 6 heteroatoms. The maximum Gasteiger partial charge on any atom is 0.188 e. The maximum atomic E-state index is 9.95. The van der Waals surface area contributed by atoms with Crippen molar-refractivity contribution in [3.05, 3.63) is 34.9 Å². The number of hydrogen-bond acceptors (Lipinski definition) is 2. The highest BCUT2D eigenvalue weighted by atomic mass is 127. The van der Waals surface area contributed by atoms with Gasteiger partial charge in [0.2, 0.25) is 0 Å². The standard InChI is InChI=1S/C13H20ClN3O.HI/c1-2-3-8-16-13(15)17-9-12(18)10-6-4-5-7-11(10)14;/h4-7,12,18H,2-3,8-9H2,1H3,(H3,15,16,17);1H. The number of nitrogens with one attached hydrogen (secondary N) is 1. The minimum absolute atomic E-state index is 0. The zero-order chi connectivity index (χ0) is 13.4. The first-order valence-electron chi connectivity index (χ1n) is 6.11. The number of nitrogens with zero attached hydrogens (tertiary/aromatic N) is 1. The predicted octanol–water partition coefficient (Wildman–Crippen LogP) is 2.70. The van der Waals surface area contributed by atoms with Crippen molar-refractivity contribution in [2.45, 2.75) is 25.9 Å². The average Bonchev–Trinajstić information content (AvgIpc) is 2.37. The lowest BCUT2D eigenvalue weighted by molar-refractivity contribution is 0.187. The molecule has 0 aliphatic rings. The summed E-state index contributed by atoms with van der Waals surface area (Å²) >= 11 is 5.98. The van der Waals surface area contributed by atoms with E-state index in [0.717, 1.165) is 19.4 Å². The molecule has 0 aromatic heterocycles. The van der Waals surface area contributed by atoms with Crippen LogP contribution in [-0.4, -0.2) is 24.2 Å². The molecule has 0 amide bonds. The largest absolute Gasteiger partial charge is 0.386 e. The highest BCUT2D eigenvalue weighted by Crippen LogP contribution is 2.22. The molecule has 1 unspecified atom stereocenters. The van der Waals surface area contributed by atoms with Crippen LogP contribution in [0.2, 0.25) is 5.02 Å². The average molecular weight is 398 g/mol. The third kappa shape index (κ3) is 6.98. The second-order valence-electron chi connectivity index (χ2n) is 4.04. The van der Waals surface area contributed by atoms with Crippen LogP contribution in [0.1, 0.15) is 31.4 Å². The smallest absolute Gasteiger partial charge is 0.188 e. The molecule has 0 aliphatic carbocycles. The Morgan fingerprint density at radius 2 is 2.16 bits per heavy atom. The SMILES string of the molecule is CCCCNC(N)=NCC(O)c1ccccc1Cl.I. The minimum atomic E-state index is -0.731. The van der Waals surface area contributed by atoms with Gasteiger partial charge in [0.1, 0.15) is 6.10 Å². The van der Waals surface area contributed by atoms with Gasteiger partial charge in [-0.05, 0) is 12.5 Å². The van der Waals surface area contributed by atoms with Crippen molar-refractivity contribution >= 4 is 41.5 Å². The van der Waals surface area contributed by atoms with Gasteiger partial charge in [-0.2, -0.15) is 0 Å². The Morgan fingerprint density at radius 3 is 2.79 bits per heavy atom. The summed E-state index contributed by atoms with van der Waals surface area (Å²) in [7, 11) is 0. The Hall–Kier alpha value is -0.530. The molecule has 4 N–H and O–H groups in total. The summed E-state index contributed by atoms with van der Waals surface area (Å²) in [6.45, 7) is 3.11. The molecule has 0 radical (unpaired) electrons. The number of hydrogen-bond donors (Lipinski definition) is 3. The van der Waals surface area contributed by atoms with E-state index in [1.165, 1.54) is 0 Å². The van der Waals surface area contributed by atoms with Crippen molar-refractivity contribution in [1.82, 2.24) is 5.32 Å². The number of unbranched alkanes of at least 4 members (excludes halogenated alkanes) is 1. The molecule has 19 heavy (non-hydrogen) atoms. The highest BCUT2D eigenvalue weighted by Gasteiger charge is 2.10. The van der Waals surface area contributed by atoms with Crippen LogP contribution in [0.5, 0.6) is 0 Å². The third-order valence-electron chi connectivity index (χ3n) is 2.54. The number of aliphatic hydroxyl groups excluding tert-OH is 1. The topological polar surface area (TPSA) is 70.6 Å². The van der Waals surface area contributed by atoms with Gasteiger partial charge in [0, 0.05) is 17.1 Å². The molecule has 4 nitrogen and oxygen atoms in total. The summed E-state index contributed by atoms with van der Waals surface area (Å²) in [6.07, 6.45) is 1.41. The molecule has 1 aromatic carbocycles. The summed E-state index contributed by atoms with van der Waals surface area (Å²) < 4.78 is 0. The van der Waals surface area contributed by atoms with Crippen LogP contribution in [0, 0.1) is 0 Å². The van der Waals surface area contributed by atoms with E-state index in [0.29, 0.717) is 16.5 Å². The van der Waals surface area contributed by atoms with Gasteiger partial charge < -0.3 is 16.2 Å². The van der Waals surface area contributed by atoms with Crippen LogP contribution < -0.4 is 11.1 Å². The van der Waals surface area contributed by atoms with Crippen molar-refractivity contribution in [2.75, 3.05) is 13.1 Å². The molecule has 0 saturated heterocycles. The van der Waals surface area contributed by atoms with Crippen molar-refractivity contribution < 1.29 is 5.11 Å². The van der Waals surface area contributed by atoms with Gasteiger partial charge in [0.05, 0.1) is 6.54 Å². The predicted molar refractivity (Wildman–Crippen MR) is 91.2 cm³/mol. The van der Waals surface area contributed by atoms with Gasteiger partial charge >= 0.3 is 0 Å². The lowest BCUT2D eigenvalue weighted by Gasteiger charge is -2.11. The lowest BCUT2D eigenvalue weighted by Crippen LogP contribution is -2.32. The van der Waals surface area contributed by atoms with Gasteiger partial charge in [-0.1, -0.05) is 43.1 Å². The summed E-state index contributed by atoms with van der Waals surface area (Å²) in [5, 5.41) is 13.5. The van der Waals surface area contributed by atoms with Crippen LogP contribution in [-0.2, 0) is 0 Å². The van der Waals surface area contributed by atoms with E-state index in [9.17, 15) is 5.11 Å².